The first-order valence-electron chi connectivity index (χ1n) is 8.98. The normalized spacial score (nSPS) is 15.5. The summed E-state index contributed by atoms with van der Waals surface area (Å²) in [7, 11) is -3.35. The van der Waals surface area contributed by atoms with Gasteiger partial charge in [-0.2, -0.15) is 5.10 Å². The fraction of sp³-hybridized carbons (Fsp3) is 0.316. The summed E-state index contributed by atoms with van der Waals surface area (Å²) in [6.45, 7) is 2.09. The summed E-state index contributed by atoms with van der Waals surface area (Å²) in [6.07, 6.45) is 8.25. The molecule has 0 unspecified atom stereocenters. The summed E-state index contributed by atoms with van der Waals surface area (Å²) >= 11 is 0. The zero-order chi connectivity index (χ0) is 20.1. The van der Waals surface area contributed by atoms with Gasteiger partial charge in [0.05, 0.1) is 23.0 Å². The highest BCUT2D eigenvalue weighted by Gasteiger charge is 2.29. The summed E-state index contributed by atoms with van der Waals surface area (Å²) < 4.78 is 24.9. The molecule has 0 spiro atoms. The van der Waals surface area contributed by atoms with Gasteiger partial charge in [0.15, 0.2) is 14.9 Å². The maximum absolute atomic E-state index is 11.9. The third-order valence-electron chi connectivity index (χ3n) is 5.05. The van der Waals surface area contributed by atoms with E-state index in [9.17, 15) is 13.2 Å². The number of primary amides is 1. The van der Waals surface area contributed by atoms with Crippen LogP contribution in [0.3, 0.4) is 0 Å². The Morgan fingerprint density at radius 1 is 1.29 bits per heavy atom. The van der Waals surface area contributed by atoms with E-state index in [1.165, 1.54) is 31.3 Å². The molecule has 3 aromatic heterocycles. The highest BCUT2D eigenvalue weighted by atomic mass is 32.2. The number of rotatable bonds is 6. The highest BCUT2D eigenvalue weighted by Crippen LogP contribution is 2.36. The minimum Gasteiger partial charge on any atom is -0.380 e. The molecule has 1 aliphatic rings. The number of sulfone groups is 1. The van der Waals surface area contributed by atoms with E-state index in [0.29, 0.717) is 17.2 Å². The molecule has 0 radical (unpaired) electrons. The van der Waals surface area contributed by atoms with Crippen LogP contribution in [0, 0.1) is 5.92 Å². The van der Waals surface area contributed by atoms with Crippen LogP contribution in [0.1, 0.15) is 30.1 Å². The lowest BCUT2D eigenvalue weighted by atomic mass is 10.1. The number of nitrogens with zero attached hydrogens (tertiary/aromatic N) is 3. The van der Waals surface area contributed by atoms with Crippen LogP contribution < -0.4 is 11.1 Å². The number of carbonyl (C=O) groups excluding carboxylic acids is 1. The van der Waals surface area contributed by atoms with Crippen LogP contribution in [0.15, 0.2) is 41.8 Å². The topological polar surface area (TPSA) is 119 Å². The van der Waals surface area contributed by atoms with Crippen LogP contribution in [0.2, 0.25) is 0 Å². The van der Waals surface area contributed by atoms with E-state index in [1.54, 1.807) is 10.6 Å². The van der Waals surface area contributed by atoms with E-state index >= 15 is 0 Å². The molecule has 3 N–H and O–H groups in total. The van der Waals surface area contributed by atoms with Gasteiger partial charge in [-0.05, 0) is 43.9 Å². The SMILES string of the molecule is C[C@@H](Nc1c(C(N)=O)cnn2cc(-c3ccc(S(C)(=O)=O)nc3)cc12)C1CC1. The van der Waals surface area contributed by atoms with E-state index in [1.807, 2.05) is 12.3 Å². The molecular formula is C19H21N5O3S. The first kappa shape index (κ1) is 18.4. The molecule has 1 atom stereocenters. The van der Waals surface area contributed by atoms with Gasteiger partial charge in [0.25, 0.3) is 5.91 Å². The maximum atomic E-state index is 11.9. The van der Waals surface area contributed by atoms with Gasteiger partial charge in [0.2, 0.25) is 0 Å². The lowest BCUT2D eigenvalue weighted by Crippen LogP contribution is -2.22. The second-order valence-corrected chi connectivity index (χ2v) is 9.25. The molecule has 1 amide bonds. The van der Waals surface area contributed by atoms with Gasteiger partial charge in [-0.3, -0.25) is 4.79 Å². The van der Waals surface area contributed by atoms with Crippen molar-refractivity contribution in [3.8, 4) is 11.1 Å². The highest BCUT2D eigenvalue weighted by molar-refractivity contribution is 7.90. The van der Waals surface area contributed by atoms with Crippen molar-refractivity contribution >= 4 is 26.9 Å². The molecule has 3 aromatic rings. The van der Waals surface area contributed by atoms with E-state index in [2.05, 4.69) is 22.3 Å². The van der Waals surface area contributed by atoms with E-state index in [4.69, 9.17) is 5.73 Å². The predicted octanol–water partition coefficient (Wildman–Crippen LogP) is 2.11. The molecule has 0 saturated heterocycles. The molecular weight excluding hydrogens is 378 g/mol. The molecule has 9 heteroatoms. The zero-order valence-electron chi connectivity index (χ0n) is 15.6. The third kappa shape index (κ3) is 3.45. The van der Waals surface area contributed by atoms with Gasteiger partial charge in [0, 0.05) is 35.8 Å². The Balaban J connectivity index is 1.78. The standard InChI is InChI=1S/C19H21N5O3S/c1-11(12-3-4-12)23-18-15(19(20)25)9-22-24-10-14(7-16(18)24)13-5-6-17(21-8-13)28(2,26)27/h5-12,23H,3-4H2,1-2H3,(H2,20,25)/t11-/m1/s1. The molecule has 8 nitrogen and oxygen atoms in total. The Kier molecular flexibility index (Phi) is 4.34. The Labute approximate surface area is 162 Å². The molecule has 0 bridgehead atoms. The largest absolute Gasteiger partial charge is 0.380 e. The minimum atomic E-state index is -3.35. The number of hydrogen-bond donors (Lipinski definition) is 2. The van der Waals surface area contributed by atoms with Gasteiger partial charge < -0.3 is 11.1 Å². The van der Waals surface area contributed by atoms with Crippen molar-refractivity contribution < 1.29 is 13.2 Å². The number of pyridine rings is 1. The smallest absolute Gasteiger partial charge is 0.252 e. The average molecular weight is 399 g/mol. The quantitative estimate of drug-likeness (QED) is 0.655. The summed E-state index contributed by atoms with van der Waals surface area (Å²) in [5.74, 6) is 0.0542. The number of nitrogens with one attached hydrogen (secondary N) is 1. The van der Waals surface area contributed by atoms with Crippen LogP contribution in [0.4, 0.5) is 5.69 Å². The Hall–Kier alpha value is -2.94. The summed E-state index contributed by atoms with van der Waals surface area (Å²) in [4.78, 5) is 15.9. The summed E-state index contributed by atoms with van der Waals surface area (Å²) in [5.41, 5.74) is 8.84. The van der Waals surface area contributed by atoms with Gasteiger partial charge in [-0.1, -0.05) is 0 Å². The van der Waals surface area contributed by atoms with Crippen LogP contribution >= 0.6 is 0 Å². The average Bonchev–Trinajstić information content (AvgIpc) is 3.40. The summed E-state index contributed by atoms with van der Waals surface area (Å²) in [6, 6.07) is 5.29. The number of fused-ring (bicyclic) bond motifs is 1. The lowest BCUT2D eigenvalue weighted by molar-refractivity contribution is 0.100. The molecule has 3 heterocycles. The van der Waals surface area contributed by atoms with Crippen LogP contribution in [0.5, 0.6) is 0 Å². The van der Waals surface area contributed by atoms with Crippen molar-refractivity contribution in [2.24, 2.45) is 11.7 Å². The van der Waals surface area contributed by atoms with Crippen molar-refractivity contribution in [3.63, 3.8) is 0 Å². The van der Waals surface area contributed by atoms with Crippen LogP contribution in [-0.4, -0.2) is 41.2 Å². The molecule has 1 aliphatic carbocycles. The Morgan fingerprint density at radius 3 is 2.61 bits per heavy atom. The number of nitrogens with two attached hydrogens (primary N) is 1. The maximum Gasteiger partial charge on any atom is 0.252 e. The lowest BCUT2D eigenvalue weighted by Gasteiger charge is -2.17. The Morgan fingerprint density at radius 2 is 2.04 bits per heavy atom. The van der Waals surface area contributed by atoms with Crippen LogP contribution in [0.25, 0.3) is 16.6 Å². The van der Waals surface area contributed by atoms with Crippen molar-refractivity contribution in [3.05, 3.63) is 42.4 Å². The third-order valence-corrected chi connectivity index (χ3v) is 6.05. The fourth-order valence-electron chi connectivity index (χ4n) is 3.27. The first-order chi connectivity index (χ1) is 13.2. The molecule has 146 valence electrons. The number of hydrogen-bond acceptors (Lipinski definition) is 6. The zero-order valence-corrected chi connectivity index (χ0v) is 16.4. The second-order valence-electron chi connectivity index (χ2n) is 7.28. The number of carbonyl (C=O) groups is 1. The van der Waals surface area contributed by atoms with E-state index < -0.39 is 15.7 Å². The Bertz CT molecular complexity index is 1160. The van der Waals surface area contributed by atoms with Gasteiger partial charge in [-0.25, -0.2) is 17.9 Å². The molecule has 28 heavy (non-hydrogen) atoms. The number of anilines is 1. The monoisotopic (exact) mass is 399 g/mol. The predicted molar refractivity (Wildman–Crippen MR) is 106 cm³/mol. The number of aromatic nitrogens is 3. The van der Waals surface area contributed by atoms with Crippen molar-refractivity contribution in [1.29, 1.82) is 0 Å². The van der Waals surface area contributed by atoms with Gasteiger partial charge in [0.1, 0.15) is 0 Å². The van der Waals surface area contributed by atoms with E-state index in [-0.39, 0.29) is 11.1 Å². The second kappa shape index (κ2) is 6.59. The molecule has 0 aliphatic heterocycles. The van der Waals surface area contributed by atoms with Gasteiger partial charge in [-0.15, -0.1) is 0 Å². The molecule has 4 rings (SSSR count). The van der Waals surface area contributed by atoms with E-state index in [0.717, 1.165) is 22.9 Å². The van der Waals surface area contributed by atoms with Gasteiger partial charge >= 0.3 is 0 Å². The molecule has 1 saturated carbocycles. The summed E-state index contributed by atoms with van der Waals surface area (Å²) in [5, 5.41) is 7.75. The van der Waals surface area contributed by atoms with Crippen molar-refractivity contribution in [2.75, 3.05) is 11.6 Å². The van der Waals surface area contributed by atoms with Crippen molar-refractivity contribution in [1.82, 2.24) is 14.6 Å². The molecule has 0 aromatic carbocycles. The minimum absolute atomic E-state index is 0.0229. The first-order valence-corrected chi connectivity index (χ1v) is 10.9. The van der Waals surface area contributed by atoms with Crippen LogP contribution in [-0.2, 0) is 9.84 Å². The van der Waals surface area contributed by atoms with Crippen molar-refractivity contribution in [2.45, 2.75) is 30.8 Å². The molecule has 1 fully saturated rings. The fourth-order valence-corrected chi connectivity index (χ4v) is 3.82. The number of amides is 1.